The fraction of sp³-hybridized carbons (Fsp3) is 0.433. The number of aliphatic hydroxyl groups excluding tert-OH is 1. The van der Waals surface area contributed by atoms with Crippen LogP contribution < -0.4 is 10.6 Å². The van der Waals surface area contributed by atoms with Gasteiger partial charge < -0.3 is 25.4 Å². The minimum Gasteiger partial charge on any atom is -0.389 e. The number of amides is 2. The highest BCUT2D eigenvalue weighted by Crippen LogP contribution is 2.34. The van der Waals surface area contributed by atoms with Crippen molar-refractivity contribution in [1.29, 1.82) is 0 Å². The molecule has 8 nitrogen and oxygen atoms in total. The predicted molar refractivity (Wildman–Crippen MR) is 151 cm³/mol. The van der Waals surface area contributed by atoms with Gasteiger partial charge >= 0.3 is 0 Å². The van der Waals surface area contributed by atoms with Gasteiger partial charge in [-0.05, 0) is 56.4 Å². The van der Waals surface area contributed by atoms with Crippen LogP contribution in [0.25, 0.3) is 0 Å². The van der Waals surface area contributed by atoms with E-state index in [2.05, 4.69) is 15.6 Å². The summed E-state index contributed by atoms with van der Waals surface area (Å²) in [4.78, 5) is 33.5. The quantitative estimate of drug-likeness (QED) is 0.378. The van der Waals surface area contributed by atoms with Crippen LogP contribution in [0.3, 0.4) is 0 Å². The number of rotatable bonds is 9. The molecule has 5 atom stereocenters. The number of aromatic nitrogens is 1. The number of aliphatic hydroxyl groups is 1. The van der Waals surface area contributed by atoms with Crippen molar-refractivity contribution in [2.24, 2.45) is 0 Å². The molecule has 0 aliphatic carbocycles. The Morgan fingerprint density at radius 3 is 2.72 bits per heavy atom. The number of benzene rings is 2. The molecule has 5 rings (SSSR count). The van der Waals surface area contributed by atoms with Gasteiger partial charge in [0.05, 0.1) is 24.3 Å². The number of ether oxygens (including phenoxy) is 1. The van der Waals surface area contributed by atoms with Crippen molar-refractivity contribution < 1.29 is 19.4 Å². The highest BCUT2D eigenvalue weighted by atomic mass is 32.1. The largest absolute Gasteiger partial charge is 0.389 e. The van der Waals surface area contributed by atoms with Crippen LogP contribution in [0.15, 0.2) is 60.0 Å². The standard InChI is InChI=1S/C30H36N4O4S/c1-19-18-39-29(32-19)26-12-7-13-34(26)30(37)22-11-6-10-21(15-22)28(36)33-25(14-20-8-4-3-5-9-20)27(35)24-16-23(38-2)17-31-24/h3-6,8-11,15,18,23-27,31,35H,7,12-14,16-17H2,1-2H3,(H,33,36)/t23-,24-,25+,26-,27+/m1/s1. The Bertz CT molecular complexity index is 1280. The lowest BCUT2D eigenvalue weighted by Crippen LogP contribution is -2.52. The molecular formula is C30H36N4O4S. The molecule has 3 aromatic rings. The lowest BCUT2D eigenvalue weighted by molar-refractivity contribution is 0.0677. The van der Waals surface area contributed by atoms with E-state index in [1.165, 1.54) is 0 Å². The second-order valence-corrected chi connectivity index (χ2v) is 11.3. The molecule has 9 heteroatoms. The van der Waals surface area contributed by atoms with E-state index in [9.17, 15) is 14.7 Å². The monoisotopic (exact) mass is 548 g/mol. The number of hydrogen-bond acceptors (Lipinski definition) is 7. The molecule has 0 bridgehead atoms. The van der Waals surface area contributed by atoms with Crippen LogP contribution >= 0.6 is 11.3 Å². The van der Waals surface area contributed by atoms with E-state index in [0.29, 0.717) is 37.1 Å². The number of thiazole rings is 1. The number of methoxy groups -OCH3 is 1. The molecule has 206 valence electrons. The van der Waals surface area contributed by atoms with Gasteiger partial charge in [0.2, 0.25) is 0 Å². The number of hydrogen-bond donors (Lipinski definition) is 3. The summed E-state index contributed by atoms with van der Waals surface area (Å²) in [5, 5.41) is 20.7. The van der Waals surface area contributed by atoms with E-state index in [1.807, 2.05) is 47.5 Å². The Morgan fingerprint density at radius 1 is 1.21 bits per heavy atom. The summed E-state index contributed by atoms with van der Waals surface area (Å²) in [5.74, 6) is -0.416. The van der Waals surface area contributed by atoms with Crippen molar-refractivity contribution >= 4 is 23.2 Å². The van der Waals surface area contributed by atoms with Crippen molar-refractivity contribution in [3.63, 3.8) is 0 Å². The number of nitrogens with one attached hydrogen (secondary N) is 2. The molecule has 2 fully saturated rings. The normalized spacial score (nSPS) is 22.5. The molecule has 2 aliphatic heterocycles. The SMILES string of the molecule is CO[C@H]1CN[C@@H]([C@H](O)[C@H](Cc2ccccc2)NC(=O)c2cccc(C(=O)N3CCC[C@@H]3c3nc(C)cs3)c2)C1. The minimum atomic E-state index is -0.814. The lowest BCUT2D eigenvalue weighted by atomic mass is 9.94. The van der Waals surface area contributed by atoms with E-state index in [0.717, 1.165) is 29.1 Å². The third kappa shape index (κ3) is 6.38. The van der Waals surface area contributed by atoms with Gasteiger partial charge in [0.15, 0.2) is 0 Å². The molecule has 0 spiro atoms. The molecule has 3 heterocycles. The molecule has 0 unspecified atom stereocenters. The fourth-order valence-corrected chi connectivity index (χ4v) is 6.52. The van der Waals surface area contributed by atoms with Gasteiger partial charge in [-0.3, -0.25) is 9.59 Å². The van der Waals surface area contributed by atoms with E-state index < -0.39 is 12.1 Å². The van der Waals surface area contributed by atoms with Crippen LogP contribution in [0.2, 0.25) is 0 Å². The zero-order valence-electron chi connectivity index (χ0n) is 22.4. The van der Waals surface area contributed by atoms with Crippen LogP contribution in [-0.2, 0) is 11.2 Å². The summed E-state index contributed by atoms with van der Waals surface area (Å²) >= 11 is 1.59. The lowest BCUT2D eigenvalue weighted by Gasteiger charge is -2.29. The number of carbonyl (C=O) groups excluding carboxylic acids is 2. The molecule has 39 heavy (non-hydrogen) atoms. The summed E-state index contributed by atoms with van der Waals surface area (Å²) in [7, 11) is 1.67. The zero-order valence-corrected chi connectivity index (χ0v) is 23.2. The molecule has 0 radical (unpaired) electrons. The topological polar surface area (TPSA) is 104 Å². The number of likely N-dealkylation sites (tertiary alicyclic amines) is 1. The Morgan fingerprint density at radius 2 is 2.00 bits per heavy atom. The smallest absolute Gasteiger partial charge is 0.254 e. The molecule has 2 aliphatic rings. The van der Waals surface area contributed by atoms with Gasteiger partial charge in [-0.25, -0.2) is 4.98 Å². The van der Waals surface area contributed by atoms with Crippen LogP contribution in [0.4, 0.5) is 0 Å². The predicted octanol–water partition coefficient (Wildman–Crippen LogP) is 3.51. The Balaban J connectivity index is 1.32. The van der Waals surface area contributed by atoms with Crippen LogP contribution in [-0.4, -0.2) is 71.3 Å². The first-order chi connectivity index (χ1) is 18.9. The zero-order chi connectivity index (χ0) is 27.4. The van der Waals surface area contributed by atoms with Crippen molar-refractivity contribution in [2.75, 3.05) is 20.2 Å². The number of carbonyl (C=O) groups is 2. The van der Waals surface area contributed by atoms with Gasteiger partial charge in [-0.1, -0.05) is 36.4 Å². The molecule has 1 aromatic heterocycles. The highest BCUT2D eigenvalue weighted by molar-refractivity contribution is 7.09. The summed E-state index contributed by atoms with van der Waals surface area (Å²) in [6.07, 6.45) is 2.17. The first-order valence-corrected chi connectivity index (χ1v) is 14.4. The second-order valence-electron chi connectivity index (χ2n) is 10.4. The molecule has 2 amide bonds. The number of aryl methyl sites for hydroxylation is 1. The first kappa shape index (κ1) is 27.5. The maximum absolute atomic E-state index is 13.5. The molecular weight excluding hydrogens is 512 g/mol. The van der Waals surface area contributed by atoms with Crippen LogP contribution in [0.5, 0.6) is 0 Å². The summed E-state index contributed by atoms with van der Waals surface area (Å²) in [6, 6.07) is 15.9. The maximum Gasteiger partial charge on any atom is 0.254 e. The van der Waals surface area contributed by atoms with Crippen molar-refractivity contribution in [1.82, 2.24) is 20.5 Å². The second kappa shape index (κ2) is 12.4. The third-order valence-electron chi connectivity index (χ3n) is 7.70. The van der Waals surface area contributed by atoms with Crippen LogP contribution in [0, 0.1) is 6.92 Å². The Labute approximate surface area is 233 Å². The minimum absolute atomic E-state index is 0.0307. The average molecular weight is 549 g/mol. The van der Waals surface area contributed by atoms with Crippen LogP contribution in [0.1, 0.15) is 62.3 Å². The van der Waals surface area contributed by atoms with Gasteiger partial charge in [-0.15, -0.1) is 11.3 Å². The number of nitrogens with zero attached hydrogens (tertiary/aromatic N) is 2. The third-order valence-corrected chi connectivity index (χ3v) is 8.77. The fourth-order valence-electron chi connectivity index (χ4n) is 5.58. The van der Waals surface area contributed by atoms with Gasteiger partial charge in [0.25, 0.3) is 11.8 Å². The summed E-state index contributed by atoms with van der Waals surface area (Å²) in [6.45, 7) is 3.29. The van der Waals surface area contributed by atoms with E-state index in [4.69, 9.17) is 4.74 Å². The van der Waals surface area contributed by atoms with Gasteiger partial charge in [0, 0.05) is 48.4 Å². The molecule has 2 saturated heterocycles. The molecule has 0 saturated carbocycles. The average Bonchev–Trinajstić information content (AvgIpc) is 3.73. The summed E-state index contributed by atoms with van der Waals surface area (Å²) in [5.41, 5.74) is 2.85. The van der Waals surface area contributed by atoms with Gasteiger partial charge in [-0.2, -0.15) is 0 Å². The van der Waals surface area contributed by atoms with Crippen molar-refractivity contribution in [3.05, 3.63) is 87.4 Å². The Kier molecular flexibility index (Phi) is 8.72. The highest BCUT2D eigenvalue weighted by Gasteiger charge is 2.36. The van der Waals surface area contributed by atoms with Gasteiger partial charge in [0.1, 0.15) is 5.01 Å². The van der Waals surface area contributed by atoms with E-state index in [1.54, 1.807) is 42.7 Å². The first-order valence-electron chi connectivity index (χ1n) is 13.5. The van der Waals surface area contributed by atoms with Crippen molar-refractivity contribution in [3.8, 4) is 0 Å². The Hall–Kier alpha value is -3.11. The molecule has 3 N–H and O–H groups in total. The molecule has 2 aromatic carbocycles. The maximum atomic E-state index is 13.5. The van der Waals surface area contributed by atoms with E-state index >= 15 is 0 Å². The van der Waals surface area contributed by atoms with Crippen molar-refractivity contribution in [2.45, 2.75) is 62.9 Å². The van der Waals surface area contributed by atoms with E-state index in [-0.39, 0.29) is 30.0 Å². The summed E-state index contributed by atoms with van der Waals surface area (Å²) < 4.78 is 5.45.